The van der Waals surface area contributed by atoms with Crippen LogP contribution in [0.3, 0.4) is 0 Å². The predicted octanol–water partition coefficient (Wildman–Crippen LogP) is 4.31. The summed E-state index contributed by atoms with van der Waals surface area (Å²) in [7, 11) is 1.75. The van der Waals surface area contributed by atoms with E-state index in [1.807, 2.05) is 61.6 Å². The number of benzene rings is 1. The largest absolute Gasteiger partial charge is 0.497 e. The number of likely N-dealkylation sites (tertiary alicyclic amines) is 1. The Balaban J connectivity index is 1.84. The van der Waals surface area contributed by atoms with Gasteiger partial charge in [-0.3, -0.25) is 38.4 Å². The van der Waals surface area contributed by atoms with Crippen molar-refractivity contribution in [2.24, 2.45) is 29.6 Å². The van der Waals surface area contributed by atoms with Crippen LogP contribution in [0, 0.1) is 29.6 Å². The molecule has 3 aliphatic heterocycles. The number of ether oxygens (including phenoxy) is 2. The molecular formula is C60H100N8O13Si. The van der Waals surface area contributed by atoms with Crippen LogP contribution in [0.15, 0.2) is 24.3 Å². The molecule has 0 aliphatic carbocycles. The number of aliphatic hydroxyl groups excluding tert-OH is 1. The van der Waals surface area contributed by atoms with E-state index in [1.54, 1.807) is 56.9 Å². The highest BCUT2D eigenvalue weighted by Gasteiger charge is 2.47. The third-order valence-electron chi connectivity index (χ3n) is 17.3. The molecule has 0 radical (unpaired) electrons. The van der Waals surface area contributed by atoms with Gasteiger partial charge in [0.2, 0.25) is 47.3 Å². The second kappa shape index (κ2) is 29.8. The lowest BCUT2D eigenvalue weighted by atomic mass is 9.91. The number of nitrogens with zero attached hydrogens (tertiary/aromatic N) is 4. The fraction of sp³-hybridized carbons (Fsp3) is 0.750. The Morgan fingerprint density at radius 3 is 2.07 bits per heavy atom. The molecule has 3 aliphatic rings. The van der Waals surface area contributed by atoms with Crippen LogP contribution < -0.4 is 26.0 Å². The number of fused-ring (bicyclic) bond motifs is 1. The van der Waals surface area contributed by atoms with Gasteiger partial charge in [0.25, 0.3) is 0 Å². The minimum absolute atomic E-state index is 0.0818. The number of hydrogen-bond acceptors (Lipinski definition) is 13. The monoisotopic (exact) mass is 1170 g/mol. The molecule has 12 atom stereocenters. The van der Waals surface area contributed by atoms with Crippen LogP contribution >= 0.6 is 0 Å². The van der Waals surface area contributed by atoms with Crippen LogP contribution in [0.2, 0.25) is 18.1 Å². The molecule has 0 aromatic heterocycles. The summed E-state index contributed by atoms with van der Waals surface area (Å²) in [6.07, 6.45) is -0.951. The van der Waals surface area contributed by atoms with Crippen LogP contribution in [-0.2, 0) is 54.3 Å². The molecular weight excluding hydrogens is 1070 g/mol. The zero-order valence-electron chi connectivity index (χ0n) is 52.1. The highest BCUT2D eigenvalue weighted by molar-refractivity contribution is 6.72. The molecule has 82 heavy (non-hydrogen) atoms. The maximum atomic E-state index is 15.1. The van der Waals surface area contributed by atoms with Gasteiger partial charge in [0.1, 0.15) is 54.1 Å². The average Bonchev–Trinajstić information content (AvgIpc) is 4.29. The first-order chi connectivity index (χ1) is 38.1. The van der Waals surface area contributed by atoms with Gasteiger partial charge in [-0.2, -0.15) is 0 Å². The molecule has 1 aromatic carbocycles. The maximum absolute atomic E-state index is 15.1. The number of likely N-dealkylation sites (N-methyl/N-ethyl adjacent to an activating group) is 2. The van der Waals surface area contributed by atoms with Crippen molar-refractivity contribution in [2.75, 3.05) is 34.3 Å². The van der Waals surface area contributed by atoms with Crippen LogP contribution in [0.5, 0.6) is 5.75 Å². The molecule has 3 fully saturated rings. The van der Waals surface area contributed by atoms with Crippen LogP contribution in [0.25, 0.3) is 0 Å². The van der Waals surface area contributed by atoms with E-state index in [-0.39, 0.29) is 50.0 Å². The SMILES string of the molecule is CC[C@H](C)[C@H]1NC(=O)[C@@H](NC(=O)[C@@H](CC(C)C)N(C)C(=O)C2CCCN2C(=O)[C@H](C)CC(C)(C)[Si](C)(C)O)[C@@H](C)OC(=O)[C@H](Cc2ccc(OC)cc2)N(C)C(=O)C2CCCN2C(=O)[C@H](CC(C)C)NC(=O)[C@H](C(C)C)NC(=O)C[C@@H]1O. The Kier molecular flexibility index (Phi) is 25.0. The summed E-state index contributed by atoms with van der Waals surface area (Å²) in [5.74, 6) is -6.96. The second-order valence-electron chi connectivity index (χ2n) is 25.8. The van der Waals surface area contributed by atoms with Gasteiger partial charge in [0, 0.05) is 39.5 Å². The molecule has 0 saturated carbocycles. The first-order valence-electron chi connectivity index (χ1n) is 29.7. The highest BCUT2D eigenvalue weighted by atomic mass is 28.4. The number of aliphatic hydroxyl groups is 1. The number of cyclic esters (lactones) is 1. The molecule has 1 aromatic rings. The van der Waals surface area contributed by atoms with E-state index in [1.165, 1.54) is 42.8 Å². The number of rotatable bonds is 18. The number of nitrogens with one attached hydrogen (secondary N) is 4. The molecule has 4 rings (SSSR count). The van der Waals surface area contributed by atoms with Crippen LogP contribution in [-0.4, -0.2) is 186 Å². The summed E-state index contributed by atoms with van der Waals surface area (Å²) >= 11 is 0. The van der Waals surface area contributed by atoms with Gasteiger partial charge in [-0.15, -0.1) is 0 Å². The maximum Gasteiger partial charge on any atom is 0.329 e. The molecule has 3 saturated heterocycles. The molecule has 0 bridgehead atoms. The molecule has 8 amide bonds. The summed E-state index contributed by atoms with van der Waals surface area (Å²) in [5.41, 5.74) is 0.608. The number of methoxy groups -OCH3 is 1. The molecule has 21 nitrogen and oxygen atoms in total. The van der Waals surface area contributed by atoms with Gasteiger partial charge < -0.3 is 60.2 Å². The topological polar surface area (TPSA) is 274 Å². The second-order valence-corrected chi connectivity index (χ2v) is 30.3. The van der Waals surface area contributed by atoms with E-state index in [2.05, 4.69) is 21.3 Å². The summed E-state index contributed by atoms with van der Waals surface area (Å²) < 4.78 is 11.6. The molecule has 3 heterocycles. The summed E-state index contributed by atoms with van der Waals surface area (Å²) in [4.78, 5) is 148. The Bertz CT molecular complexity index is 2400. The molecule has 0 spiro atoms. The average molecular weight is 1170 g/mol. The van der Waals surface area contributed by atoms with E-state index in [0.717, 1.165) is 0 Å². The summed E-state index contributed by atoms with van der Waals surface area (Å²) in [6, 6.07) is -2.73. The van der Waals surface area contributed by atoms with Crippen molar-refractivity contribution in [3.05, 3.63) is 29.8 Å². The van der Waals surface area contributed by atoms with E-state index in [4.69, 9.17) is 9.47 Å². The summed E-state index contributed by atoms with van der Waals surface area (Å²) in [5, 5.41) is 22.7. The van der Waals surface area contributed by atoms with Crippen molar-refractivity contribution < 1.29 is 62.5 Å². The Morgan fingerprint density at radius 1 is 0.890 bits per heavy atom. The van der Waals surface area contributed by atoms with Crippen molar-refractivity contribution in [1.82, 2.24) is 40.9 Å². The standard InChI is InChI=1S/C60H100N8O13Si/c1-18-37(8)50-47(69)32-48(70)62-49(36(6)7)53(72)61-42(29-34(2)3)56(75)68-28-20-22-44(68)58(77)66(14)46(31-40-23-25-41(80-15)26-24-40)59(78)81-39(10)51(54(73)63-50)64-52(71)45(30-35(4)5)65(13)57(76)43-21-19-27-67(43)55(74)38(9)33-60(11,12)82(16,17)79/h23-26,34-39,42-47,49-51,69,79H,18-22,27-33H2,1-17H3,(H,61,72)(H,62,70)(H,63,73)(H,64,71)/t37-,38+,39+,42-,43?,44?,45+,46-,47-,49-,50+,51-/m0/s1. The van der Waals surface area contributed by atoms with Gasteiger partial charge >= 0.3 is 5.97 Å². The smallest absolute Gasteiger partial charge is 0.329 e. The van der Waals surface area contributed by atoms with Gasteiger partial charge in [-0.1, -0.05) is 94.7 Å². The number of hydrogen-bond donors (Lipinski definition) is 6. The van der Waals surface area contributed by atoms with Gasteiger partial charge in [0.15, 0.2) is 8.32 Å². The van der Waals surface area contributed by atoms with Crippen molar-refractivity contribution in [3.8, 4) is 5.75 Å². The first-order valence-corrected chi connectivity index (χ1v) is 32.7. The molecule has 6 N–H and O–H groups in total. The zero-order valence-corrected chi connectivity index (χ0v) is 53.1. The van der Waals surface area contributed by atoms with E-state index < -0.39 is 145 Å². The fourth-order valence-corrected chi connectivity index (χ4v) is 12.1. The number of carbonyl (C=O) groups is 9. The lowest BCUT2D eigenvalue weighted by Crippen LogP contribution is -2.62. The minimum atomic E-state index is -2.68. The van der Waals surface area contributed by atoms with Gasteiger partial charge in [-0.25, -0.2) is 4.79 Å². The van der Waals surface area contributed by atoms with E-state index >= 15 is 14.4 Å². The van der Waals surface area contributed by atoms with E-state index in [0.29, 0.717) is 50.0 Å². The summed E-state index contributed by atoms with van der Waals surface area (Å²) in [6.45, 7) is 25.9. The fourth-order valence-electron chi connectivity index (χ4n) is 11.3. The predicted molar refractivity (Wildman–Crippen MR) is 314 cm³/mol. The number of carbonyl (C=O) groups excluding carboxylic acids is 9. The normalized spacial score (nSPS) is 26.3. The lowest BCUT2D eigenvalue weighted by Gasteiger charge is -2.38. The number of esters is 1. The highest BCUT2D eigenvalue weighted by Crippen LogP contribution is 2.42. The Hall–Kier alpha value is -5.61. The third kappa shape index (κ3) is 17.7. The third-order valence-corrected chi connectivity index (χ3v) is 20.9. The minimum Gasteiger partial charge on any atom is -0.497 e. The van der Waals surface area contributed by atoms with E-state index in [9.17, 15) is 38.7 Å². The zero-order chi connectivity index (χ0) is 61.9. The molecule has 2 unspecified atom stereocenters. The van der Waals surface area contributed by atoms with Crippen molar-refractivity contribution in [2.45, 2.75) is 226 Å². The van der Waals surface area contributed by atoms with Crippen LogP contribution in [0.1, 0.15) is 146 Å². The lowest BCUT2D eigenvalue weighted by molar-refractivity contribution is -0.162. The van der Waals surface area contributed by atoms with Gasteiger partial charge in [0.05, 0.1) is 25.7 Å². The van der Waals surface area contributed by atoms with Crippen molar-refractivity contribution >= 4 is 61.5 Å². The van der Waals surface area contributed by atoms with Crippen molar-refractivity contribution in [3.63, 3.8) is 0 Å². The van der Waals surface area contributed by atoms with Crippen LogP contribution in [0.4, 0.5) is 0 Å². The first kappa shape index (κ1) is 68.9. The van der Waals surface area contributed by atoms with Crippen molar-refractivity contribution in [1.29, 1.82) is 0 Å². The number of amides is 8. The Labute approximate surface area is 488 Å². The quantitative estimate of drug-likeness (QED) is 0.0885. The van der Waals surface area contributed by atoms with Gasteiger partial charge in [-0.05, 0) is 111 Å². The molecule has 462 valence electrons. The Morgan fingerprint density at radius 2 is 1.51 bits per heavy atom. The molecule has 22 heteroatoms.